The summed E-state index contributed by atoms with van der Waals surface area (Å²) < 4.78 is 49.7. The third-order valence-corrected chi connectivity index (χ3v) is 6.14. The molecule has 3 aromatic heterocycles. The third kappa shape index (κ3) is 4.54. The second kappa shape index (κ2) is 9.33. The number of ether oxygens (including phenoxy) is 2. The monoisotopic (exact) mass is 504 g/mol. The molecule has 0 N–H and O–H groups in total. The van der Waals surface area contributed by atoms with Crippen LogP contribution in [0.15, 0.2) is 57.1 Å². The summed E-state index contributed by atoms with van der Waals surface area (Å²) in [6.45, 7) is 1.59. The van der Waals surface area contributed by atoms with Crippen LogP contribution in [-0.4, -0.2) is 46.6 Å². The van der Waals surface area contributed by atoms with E-state index < -0.39 is 32.3 Å². The lowest BCUT2D eigenvalue weighted by molar-refractivity contribution is 0.0490. The molecule has 0 saturated carbocycles. The van der Waals surface area contributed by atoms with Gasteiger partial charge in [-0.1, -0.05) is 13.0 Å². The minimum atomic E-state index is -4.99. The second-order valence-corrected chi connectivity index (χ2v) is 8.92. The number of hydrogen-bond donors (Lipinski definition) is 0. The Bertz CT molecular complexity index is 1670. The Morgan fingerprint density at radius 1 is 1.11 bits per heavy atom. The lowest BCUT2D eigenvalue weighted by Crippen LogP contribution is -2.41. The average Bonchev–Trinajstić information content (AvgIpc) is 3.21. The fraction of sp³-hybridized carbons (Fsp3) is 0.273. The third-order valence-electron chi connectivity index (χ3n) is 5.33. The first-order valence-corrected chi connectivity index (χ1v) is 12.0. The number of nitrogens with zero attached hydrogens (tertiary/aromatic N) is 4. The van der Waals surface area contributed by atoms with Gasteiger partial charge < -0.3 is 9.47 Å². The van der Waals surface area contributed by atoms with Gasteiger partial charge in [0.1, 0.15) is 18.0 Å². The molecule has 13 heteroatoms. The van der Waals surface area contributed by atoms with Gasteiger partial charge in [-0.3, -0.25) is 18.3 Å². The Balaban J connectivity index is 1.70. The van der Waals surface area contributed by atoms with Crippen molar-refractivity contribution in [1.29, 1.82) is 0 Å². The highest BCUT2D eigenvalue weighted by molar-refractivity contribution is 7.86. The summed E-state index contributed by atoms with van der Waals surface area (Å²) in [5.41, 5.74) is -0.592. The van der Waals surface area contributed by atoms with E-state index in [1.165, 1.54) is 23.8 Å². The number of rotatable bonds is 8. The number of aromatic nitrogens is 4. The van der Waals surface area contributed by atoms with Crippen LogP contribution in [0.1, 0.15) is 23.7 Å². The van der Waals surface area contributed by atoms with Crippen LogP contribution >= 0.6 is 0 Å². The van der Waals surface area contributed by atoms with Crippen LogP contribution in [0.4, 0.5) is 3.89 Å². The topological polar surface area (TPSA) is 131 Å². The summed E-state index contributed by atoms with van der Waals surface area (Å²) in [6, 6.07) is 7.63. The molecule has 0 aliphatic carbocycles. The number of carbonyl (C=O) groups is 1. The molecule has 4 aromatic rings. The van der Waals surface area contributed by atoms with E-state index in [2.05, 4.69) is 4.98 Å². The minimum absolute atomic E-state index is 0.113. The van der Waals surface area contributed by atoms with Gasteiger partial charge in [0.05, 0.1) is 24.1 Å². The van der Waals surface area contributed by atoms with Crippen LogP contribution < -0.4 is 16.0 Å². The van der Waals surface area contributed by atoms with E-state index in [4.69, 9.17) is 9.47 Å². The van der Waals surface area contributed by atoms with Crippen molar-refractivity contribution in [2.45, 2.75) is 31.3 Å². The number of fused-ring (bicyclic) bond motifs is 3. The quantitative estimate of drug-likeness (QED) is 0.262. The summed E-state index contributed by atoms with van der Waals surface area (Å²) >= 11 is 0. The molecule has 0 aliphatic rings. The largest absolute Gasteiger partial charge is 0.497 e. The highest BCUT2D eigenvalue weighted by atomic mass is 32.3. The molecular weight excluding hydrogens is 483 g/mol. The van der Waals surface area contributed by atoms with Crippen LogP contribution in [0.2, 0.25) is 0 Å². The molecule has 0 amide bonds. The number of methoxy groups -OCH3 is 1. The Morgan fingerprint density at radius 3 is 2.57 bits per heavy atom. The van der Waals surface area contributed by atoms with Gasteiger partial charge in [0, 0.05) is 18.8 Å². The summed E-state index contributed by atoms with van der Waals surface area (Å²) in [4.78, 5) is 42.3. The maximum atomic E-state index is 13.2. The maximum Gasteiger partial charge on any atom is 0.338 e. The normalized spacial score (nSPS) is 11.7. The Kier molecular flexibility index (Phi) is 6.43. The fourth-order valence-electron chi connectivity index (χ4n) is 3.69. The molecule has 1 aromatic carbocycles. The SMILES string of the molecule is CCCn1c(=O)c2c(nc3cc(OC)ccn32)n(CCOC(=O)c2cccc(S(=O)(=O)F)c2)c1=O. The van der Waals surface area contributed by atoms with Crippen LogP contribution in [0.25, 0.3) is 16.8 Å². The molecule has 4 rings (SSSR count). The number of halogens is 1. The van der Waals surface area contributed by atoms with Crippen LogP contribution in [0.3, 0.4) is 0 Å². The van der Waals surface area contributed by atoms with Gasteiger partial charge in [-0.25, -0.2) is 14.6 Å². The Hall–Kier alpha value is -4.00. The van der Waals surface area contributed by atoms with E-state index in [-0.39, 0.29) is 36.4 Å². The zero-order valence-corrected chi connectivity index (χ0v) is 19.6. The van der Waals surface area contributed by atoms with Crippen molar-refractivity contribution < 1.29 is 26.6 Å². The Labute approximate surface area is 198 Å². The molecule has 0 atom stereocenters. The summed E-state index contributed by atoms with van der Waals surface area (Å²) in [5, 5.41) is 0. The minimum Gasteiger partial charge on any atom is -0.497 e. The summed E-state index contributed by atoms with van der Waals surface area (Å²) in [5.74, 6) is -0.386. The molecule has 11 nitrogen and oxygen atoms in total. The molecule has 184 valence electrons. The molecule has 0 unspecified atom stereocenters. The number of esters is 1. The van der Waals surface area contributed by atoms with Crippen molar-refractivity contribution in [3.8, 4) is 5.75 Å². The van der Waals surface area contributed by atoms with E-state index in [1.807, 2.05) is 6.92 Å². The first kappa shape index (κ1) is 24.1. The predicted molar refractivity (Wildman–Crippen MR) is 123 cm³/mol. The van der Waals surface area contributed by atoms with Crippen molar-refractivity contribution >= 4 is 33.0 Å². The van der Waals surface area contributed by atoms with Crippen LogP contribution in [0.5, 0.6) is 5.75 Å². The first-order chi connectivity index (χ1) is 16.7. The smallest absolute Gasteiger partial charge is 0.338 e. The van der Waals surface area contributed by atoms with E-state index in [0.717, 1.165) is 16.7 Å². The van der Waals surface area contributed by atoms with Crippen molar-refractivity contribution in [2.75, 3.05) is 13.7 Å². The molecular formula is C22H21FN4O7S. The van der Waals surface area contributed by atoms with Crippen molar-refractivity contribution in [1.82, 2.24) is 18.5 Å². The van der Waals surface area contributed by atoms with E-state index in [0.29, 0.717) is 17.8 Å². The molecule has 0 saturated heterocycles. The molecule has 0 radical (unpaired) electrons. The van der Waals surface area contributed by atoms with E-state index in [9.17, 15) is 26.7 Å². The number of benzene rings is 1. The second-order valence-electron chi connectivity index (χ2n) is 7.57. The van der Waals surface area contributed by atoms with E-state index >= 15 is 0 Å². The summed E-state index contributed by atoms with van der Waals surface area (Å²) in [7, 11) is -3.50. The predicted octanol–water partition coefficient (Wildman–Crippen LogP) is 1.74. The highest BCUT2D eigenvalue weighted by Crippen LogP contribution is 2.18. The number of carbonyl (C=O) groups excluding carboxylic acids is 1. The zero-order valence-electron chi connectivity index (χ0n) is 18.8. The van der Waals surface area contributed by atoms with E-state index in [1.54, 1.807) is 22.7 Å². The van der Waals surface area contributed by atoms with Crippen molar-refractivity contribution in [2.24, 2.45) is 0 Å². The van der Waals surface area contributed by atoms with Gasteiger partial charge in [-0.2, -0.15) is 8.42 Å². The van der Waals surface area contributed by atoms with Gasteiger partial charge in [-0.15, -0.1) is 3.89 Å². The molecule has 35 heavy (non-hydrogen) atoms. The summed E-state index contributed by atoms with van der Waals surface area (Å²) in [6.07, 6.45) is 2.15. The molecule has 0 aliphatic heterocycles. The van der Waals surface area contributed by atoms with Crippen molar-refractivity contribution in [3.63, 3.8) is 0 Å². The highest BCUT2D eigenvalue weighted by Gasteiger charge is 2.20. The first-order valence-electron chi connectivity index (χ1n) is 10.6. The lowest BCUT2D eigenvalue weighted by atomic mass is 10.2. The number of hydrogen-bond acceptors (Lipinski definition) is 8. The van der Waals surface area contributed by atoms with Gasteiger partial charge in [-0.05, 0) is 30.7 Å². The van der Waals surface area contributed by atoms with Gasteiger partial charge in [0.15, 0.2) is 11.2 Å². The number of pyridine rings is 1. The zero-order chi connectivity index (χ0) is 25.3. The van der Waals surface area contributed by atoms with Crippen molar-refractivity contribution in [3.05, 3.63) is 69.0 Å². The fourth-order valence-corrected chi connectivity index (χ4v) is 4.20. The molecule has 0 bridgehead atoms. The maximum absolute atomic E-state index is 13.2. The Morgan fingerprint density at radius 2 is 1.89 bits per heavy atom. The number of imidazole rings is 1. The van der Waals surface area contributed by atoms with Gasteiger partial charge in [0.25, 0.3) is 5.56 Å². The molecule has 0 spiro atoms. The molecule has 3 heterocycles. The van der Waals surface area contributed by atoms with Gasteiger partial charge >= 0.3 is 21.9 Å². The van der Waals surface area contributed by atoms with Crippen LogP contribution in [0, 0.1) is 0 Å². The van der Waals surface area contributed by atoms with Gasteiger partial charge in [0.2, 0.25) is 0 Å². The standard InChI is InChI=1S/C22H21FN4O7S/c1-3-8-27-20(28)18-19(24-17-13-15(33-2)7-9-25(17)18)26(22(27)30)10-11-34-21(29)14-5-4-6-16(12-14)35(23,31)32/h4-7,9,12-13H,3,8,10-11H2,1-2H3. The van der Waals surface area contributed by atoms with Crippen LogP contribution in [-0.2, 0) is 28.0 Å². The molecule has 0 fully saturated rings. The lowest BCUT2D eigenvalue weighted by Gasteiger charge is -2.11. The average molecular weight is 504 g/mol.